The van der Waals surface area contributed by atoms with E-state index in [1.54, 1.807) is 50.3 Å². The summed E-state index contributed by atoms with van der Waals surface area (Å²) < 4.78 is 19.6. The highest BCUT2D eigenvalue weighted by Crippen LogP contribution is 2.34. The molecule has 346 valence electrons. The number of aromatic nitrogens is 8. The third-order valence-electron chi connectivity index (χ3n) is 11.7. The van der Waals surface area contributed by atoms with Gasteiger partial charge in [-0.15, -0.1) is 0 Å². The van der Waals surface area contributed by atoms with Crippen molar-refractivity contribution in [2.24, 2.45) is 28.3 Å². The summed E-state index contributed by atoms with van der Waals surface area (Å²) in [6, 6.07) is 9.79. The van der Waals surface area contributed by atoms with E-state index in [4.69, 9.17) is 36.8 Å². The smallest absolute Gasteiger partial charge is 0.276 e. The first-order valence-electron chi connectivity index (χ1n) is 22.0. The van der Waals surface area contributed by atoms with Crippen molar-refractivity contribution in [3.05, 3.63) is 82.5 Å². The molecule has 0 unspecified atom stereocenters. The zero-order valence-corrected chi connectivity index (χ0v) is 37.3. The van der Waals surface area contributed by atoms with Crippen LogP contribution in [0.3, 0.4) is 0 Å². The van der Waals surface area contributed by atoms with Gasteiger partial charge >= 0.3 is 0 Å². The molecule has 0 radical (unpaired) electrons. The second kappa shape index (κ2) is 19.2. The van der Waals surface area contributed by atoms with Crippen molar-refractivity contribution in [2.75, 3.05) is 23.8 Å². The number of allylic oxidation sites excluding steroid dienone is 2. The van der Waals surface area contributed by atoms with Gasteiger partial charge in [-0.05, 0) is 89.8 Å². The third-order valence-corrected chi connectivity index (χ3v) is 11.7. The summed E-state index contributed by atoms with van der Waals surface area (Å²) in [6.07, 6.45) is 6.97. The van der Waals surface area contributed by atoms with Crippen LogP contribution >= 0.6 is 0 Å². The summed E-state index contributed by atoms with van der Waals surface area (Å²) in [4.78, 5) is 63.8. The van der Waals surface area contributed by atoms with Gasteiger partial charge in [-0.25, -0.2) is 21.3 Å². The summed E-state index contributed by atoms with van der Waals surface area (Å²) in [6.45, 7) is 9.04. The first-order chi connectivity index (χ1) is 31.8. The molecule has 22 nitrogen and oxygen atoms in total. The number of amidine groups is 1. The summed E-state index contributed by atoms with van der Waals surface area (Å²) in [5.41, 5.74) is 18.5. The van der Waals surface area contributed by atoms with Crippen LogP contribution in [-0.4, -0.2) is 87.4 Å². The Morgan fingerprint density at radius 3 is 1.70 bits per heavy atom. The third kappa shape index (κ3) is 9.25. The molecule has 4 aromatic heterocycles. The molecule has 2 aliphatic rings. The lowest BCUT2D eigenvalue weighted by atomic mass is 9.85. The van der Waals surface area contributed by atoms with E-state index in [9.17, 15) is 19.2 Å². The Morgan fingerprint density at radius 1 is 0.712 bits per heavy atom. The van der Waals surface area contributed by atoms with E-state index in [2.05, 4.69) is 36.8 Å². The molecule has 10 N–H and O–H groups in total. The van der Waals surface area contributed by atoms with E-state index in [0.717, 1.165) is 12.8 Å². The summed E-state index contributed by atoms with van der Waals surface area (Å²) >= 11 is 0. The van der Waals surface area contributed by atoms with E-state index in [-0.39, 0.29) is 61.6 Å². The Kier molecular flexibility index (Phi) is 13.0. The van der Waals surface area contributed by atoms with E-state index in [1.807, 2.05) is 44.4 Å². The summed E-state index contributed by atoms with van der Waals surface area (Å²) in [5.74, 6) is 5.10. The zero-order chi connectivity index (χ0) is 46.6. The van der Waals surface area contributed by atoms with Gasteiger partial charge in [0.05, 0.1) is 35.6 Å². The predicted octanol–water partition coefficient (Wildman–Crippen LogP) is 3.48. The fraction of sp³-hybridized carbons (Fsp3) is 0.386. The average Bonchev–Trinajstić information content (AvgIpc) is 4.06. The molecule has 4 amide bonds. The lowest BCUT2D eigenvalue weighted by molar-refractivity contribution is 0.0923. The van der Waals surface area contributed by atoms with E-state index in [1.165, 1.54) is 0 Å². The summed E-state index contributed by atoms with van der Waals surface area (Å²) in [5, 5.41) is 21.9. The maximum Gasteiger partial charge on any atom is 0.276 e. The number of primary amides is 1. The van der Waals surface area contributed by atoms with Crippen LogP contribution in [0.25, 0.3) is 22.1 Å². The van der Waals surface area contributed by atoms with Crippen LogP contribution in [0, 0.1) is 19.8 Å². The lowest BCUT2D eigenvalue weighted by Crippen LogP contribution is -2.40. The summed E-state index contributed by atoms with van der Waals surface area (Å²) in [7, 11) is 0. The number of carbonyl (C=O) groups is 4. The minimum Gasteiger partial charge on any atom is -0.491 e. The number of rotatable bonds is 11. The highest BCUT2D eigenvalue weighted by molar-refractivity contribution is 6.05. The number of nitrogens with two attached hydrogens (primary N) is 3. The van der Waals surface area contributed by atoms with Gasteiger partial charge in [0.25, 0.3) is 17.7 Å². The molecule has 6 aromatic rings. The number of benzene rings is 2. The van der Waals surface area contributed by atoms with Gasteiger partial charge in [0.1, 0.15) is 39.8 Å². The molecule has 1 saturated carbocycles. The largest absolute Gasteiger partial charge is 0.491 e. The molecule has 5 heterocycles. The molecule has 0 spiro atoms. The minimum atomic E-state index is -0.675. The first-order valence-corrected chi connectivity index (χ1v) is 22.0. The second-order valence-corrected chi connectivity index (χ2v) is 16.2. The fourth-order valence-electron chi connectivity index (χ4n) is 8.52. The molecule has 1 fully saturated rings. The van der Waals surface area contributed by atoms with Gasteiger partial charge in [-0.3, -0.25) is 39.2 Å². The highest BCUT2D eigenvalue weighted by atomic mass is 16.5. The molecular formula is C44H54N16O6. The van der Waals surface area contributed by atoms with Crippen molar-refractivity contribution >= 4 is 63.4 Å². The SMILES string of the molecule is CCn1nc(C)cc1C(=O)Nc1nc2cc(C(N)=O)cc3c2n1C/C=C/Cn1c(NC(=O)c2cc(C)nn2CC)nc2cc(C(=O)N[C@H]4CC[C@H](/C(N)=N/NN)CC4)cc(c21)OCCCO3. The number of nitrogens with zero attached hydrogens (tertiary/aromatic N) is 9. The van der Waals surface area contributed by atoms with E-state index >= 15 is 0 Å². The predicted molar refractivity (Wildman–Crippen MR) is 246 cm³/mol. The molecule has 0 bridgehead atoms. The number of carbonyl (C=O) groups excluding carboxylic acids is 4. The number of hydrazone groups is 1. The van der Waals surface area contributed by atoms with Gasteiger partial charge < -0.3 is 35.4 Å². The van der Waals surface area contributed by atoms with Crippen molar-refractivity contribution in [1.29, 1.82) is 0 Å². The molecule has 22 heteroatoms. The molecule has 0 saturated heterocycles. The Morgan fingerprint density at radius 2 is 1.21 bits per heavy atom. The Bertz CT molecular complexity index is 2900. The topological polar surface area (TPSA) is 297 Å². The van der Waals surface area contributed by atoms with Gasteiger partial charge in [0.2, 0.25) is 17.8 Å². The van der Waals surface area contributed by atoms with E-state index in [0.29, 0.717) is 100 Å². The van der Waals surface area contributed by atoms with Gasteiger partial charge in [-0.2, -0.15) is 15.3 Å². The molecular weight excluding hydrogens is 849 g/mol. The van der Waals surface area contributed by atoms with Crippen LogP contribution in [-0.2, 0) is 26.2 Å². The molecule has 66 heavy (non-hydrogen) atoms. The van der Waals surface area contributed by atoms with Crippen molar-refractivity contribution in [2.45, 2.75) is 92.0 Å². The number of amides is 4. The Hall–Kier alpha value is -7.75. The molecule has 2 aromatic carbocycles. The van der Waals surface area contributed by atoms with Gasteiger partial charge in [-0.1, -0.05) is 12.2 Å². The van der Waals surface area contributed by atoms with Crippen LogP contribution in [0.4, 0.5) is 11.9 Å². The maximum atomic E-state index is 14.0. The van der Waals surface area contributed by atoms with Gasteiger partial charge in [0.15, 0.2) is 0 Å². The van der Waals surface area contributed by atoms with Crippen molar-refractivity contribution < 1.29 is 28.7 Å². The van der Waals surface area contributed by atoms with Crippen LogP contribution in [0.15, 0.2) is 53.7 Å². The normalized spacial score (nSPS) is 17.3. The fourth-order valence-corrected chi connectivity index (χ4v) is 8.52. The second-order valence-electron chi connectivity index (χ2n) is 16.2. The van der Waals surface area contributed by atoms with Crippen molar-refractivity contribution in [3.8, 4) is 11.5 Å². The monoisotopic (exact) mass is 902 g/mol. The number of imidazole rings is 2. The minimum absolute atomic E-state index is 0.0554. The standard InChI is InChI=1S/C44H54N16O6/c1-5-59-32(18-24(3)54-59)41(63)51-43-49-30-20-27(39(46)61)22-34-36(30)57(43)14-7-8-15-58-37-31(50-44(58)52-42(64)33-19-25(4)55-60(33)6-2)21-28(23-35(37)66-17-9-16-65-34)40(62)48-29-12-10-26(11-13-29)38(45)53-56-47/h7-8,18-23,26,29,56H,5-6,9-17,47H2,1-4H3,(H2,45,53)(H2,46,61)(H,48,62)(H,49,51,63)(H,50,52,64)/b8-7+/t26-,29-. The Labute approximate surface area is 378 Å². The molecule has 1 aliphatic carbocycles. The zero-order valence-electron chi connectivity index (χ0n) is 37.3. The Balaban J connectivity index is 1.17. The molecule has 1 aliphatic heterocycles. The maximum absolute atomic E-state index is 14.0. The number of hydrogen-bond donors (Lipinski definition) is 7. The average molecular weight is 903 g/mol. The van der Waals surface area contributed by atoms with Crippen LogP contribution in [0.1, 0.15) is 99.0 Å². The molecule has 8 rings (SSSR count). The molecule has 0 atom stereocenters. The number of aryl methyl sites for hydroxylation is 4. The van der Waals surface area contributed by atoms with E-state index < -0.39 is 17.7 Å². The quantitative estimate of drug-likeness (QED) is 0.0323. The number of nitrogens with one attached hydrogen (secondary N) is 4. The first kappa shape index (κ1) is 44.8. The highest BCUT2D eigenvalue weighted by Gasteiger charge is 2.28. The number of hydrazine groups is 1. The number of ether oxygens (including phenoxy) is 2. The van der Waals surface area contributed by atoms with Crippen LogP contribution < -0.4 is 48.3 Å². The van der Waals surface area contributed by atoms with Crippen molar-refractivity contribution in [1.82, 2.24) is 49.5 Å². The van der Waals surface area contributed by atoms with Gasteiger partial charge in [0, 0.05) is 55.7 Å². The lowest BCUT2D eigenvalue weighted by Gasteiger charge is -2.28. The van der Waals surface area contributed by atoms with Crippen molar-refractivity contribution in [3.63, 3.8) is 0 Å². The van der Waals surface area contributed by atoms with Crippen LogP contribution in [0.5, 0.6) is 11.5 Å². The van der Waals surface area contributed by atoms with Crippen LogP contribution in [0.2, 0.25) is 0 Å². The number of anilines is 2. The number of hydrogen-bond acceptors (Lipinski definition) is 13.